The van der Waals surface area contributed by atoms with Crippen LogP contribution in [0.4, 0.5) is 5.69 Å². The molecule has 2 N–H and O–H groups in total. The van der Waals surface area contributed by atoms with Crippen molar-refractivity contribution in [2.24, 2.45) is 0 Å². The van der Waals surface area contributed by atoms with Crippen LogP contribution < -0.4 is 29.2 Å². The second-order valence-corrected chi connectivity index (χ2v) is 10.7. The lowest BCUT2D eigenvalue weighted by Gasteiger charge is -2.34. The predicted octanol–water partition coefficient (Wildman–Crippen LogP) is 5.97. The molecular weight excluding hydrogens is 546 g/mol. The highest BCUT2D eigenvalue weighted by Crippen LogP contribution is 2.38. The fourth-order valence-electron chi connectivity index (χ4n) is 5.86. The van der Waals surface area contributed by atoms with E-state index in [1.165, 1.54) is 0 Å². The Balaban J connectivity index is 1.65. The topological polar surface area (TPSA) is 102 Å². The molecule has 1 aliphatic rings. The summed E-state index contributed by atoms with van der Waals surface area (Å²) in [6.45, 7) is 0. The first-order valence-corrected chi connectivity index (χ1v) is 14.6. The molecule has 1 aromatic heterocycles. The van der Waals surface area contributed by atoms with Gasteiger partial charge in [0.1, 0.15) is 17.5 Å². The molecule has 5 rings (SSSR count). The number of hydrogen-bond donors (Lipinski definition) is 2. The number of anilines is 1. The van der Waals surface area contributed by atoms with Gasteiger partial charge < -0.3 is 29.2 Å². The fourth-order valence-corrected chi connectivity index (χ4v) is 5.86. The Morgan fingerprint density at radius 1 is 0.860 bits per heavy atom. The van der Waals surface area contributed by atoms with Crippen LogP contribution in [-0.2, 0) is 16.0 Å². The van der Waals surface area contributed by atoms with Crippen LogP contribution in [0.5, 0.6) is 23.0 Å². The molecule has 0 bridgehead atoms. The maximum absolute atomic E-state index is 14.5. The van der Waals surface area contributed by atoms with Gasteiger partial charge in [0.15, 0.2) is 11.5 Å². The van der Waals surface area contributed by atoms with E-state index in [2.05, 4.69) is 10.3 Å². The number of para-hydroxylation sites is 1. The van der Waals surface area contributed by atoms with Gasteiger partial charge in [-0.2, -0.15) is 0 Å². The van der Waals surface area contributed by atoms with Crippen molar-refractivity contribution in [2.75, 3.05) is 33.3 Å². The zero-order valence-electron chi connectivity index (χ0n) is 25.1. The number of H-pyrrole nitrogens is 1. The number of amides is 2. The van der Waals surface area contributed by atoms with Crippen LogP contribution in [0, 0.1) is 0 Å². The number of fused-ring (bicyclic) bond motifs is 1. The summed E-state index contributed by atoms with van der Waals surface area (Å²) in [4.78, 5) is 33.7. The number of hydrogen-bond acceptors (Lipinski definition) is 6. The number of methoxy groups -OCH3 is 4. The Morgan fingerprint density at radius 3 is 2.23 bits per heavy atom. The zero-order valence-corrected chi connectivity index (χ0v) is 25.1. The number of nitrogens with zero attached hydrogens (tertiary/aromatic N) is 1. The molecule has 43 heavy (non-hydrogen) atoms. The van der Waals surface area contributed by atoms with E-state index in [1.807, 2.05) is 30.5 Å². The highest BCUT2D eigenvalue weighted by molar-refractivity contribution is 6.03. The quantitative estimate of drug-likeness (QED) is 0.225. The van der Waals surface area contributed by atoms with E-state index in [0.717, 1.165) is 48.6 Å². The van der Waals surface area contributed by atoms with Crippen molar-refractivity contribution >= 4 is 28.4 Å². The van der Waals surface area contributed by atoms with Gasteiger partial charge in [0.05, 0.1) is 40.5 Å². The SMILES string of the molecule is COc1cc(OC)cc(N(C(=O)Cc2c[nH]c3ccccc23)[C@H](C(=O)NC2CCCCC2)c2ccc(OC)c(OC)c2)c1. The molecule has 1 heterocycles. The third kappa shape index (κ3) is 6.56. The largest absolute Gasteiger partial charge is 0.497 e. The molecule has 3 aromatic carbocycles. The summed E-state index contributed by atoms with van der Waals surface area (Å²) in [6, 6.07) is 17.4. The molecule has 1 aliphatic carbocycles. The molecule has 9 heteroatoms. The molecule has 1 atom stereocenters. The zero-order chi connectivity index (χ0) is 30.3. The van der Waals surface area contributed by atoms with Gasteiger partial charge in [0.25, 0.3) is 0 Å². The van der Waals surface area contributed by atoms with Gasteiger partial charge in [0.2, 0.25) is 11.8 Å². The molecule has 4 aromatic rings. The van der Waals surface area contributed by atoms with Crippen molar-refractivity contribution in [3.63, 3.8) is 0 Å². The van der Waals surface area contributed by atoms with Crippen molar-refractivity contribution in [1.29, 1.82) is 0 Å². The number of carbonyl (C=O) groups excluding carboxylic acids is 2. The second-order valence-electron chi connectivity index (χ2n) is 10.7. The van der Waals surface area contributed by atoms with E-state index in [0.29, 0.717) is 34.2 Å². The number of rotatable bonds is 11. The van der Waals surface area contributed by atoms with Gasteiger partial charge >= 0.3 is 0 Å². The normalized spacial score (nSPS) is 14.1. The van der Waals surface area contributed by atoms with Crippen LogP contribution >= 0.6 is 0 Å². The molecule has 2 amide bonds. The minimum absolute atomic E-state index is 0.0364. The summed E-state index contributed by atoms with van der Waals surface area (Å²) in [5.74, 6) is 1.45. The Bertz CT molecular complexity index is 1550. The van der Waals surface area contributed by atoms with Gasteiger partial charge in [-0.25, -0.2) is 0 Å². The predicted molar refractivity (Wildman–Crippen MR) is 166 cm³/mol. The van der Waals surface area contributed by atoms with Gasteiger partial charge in [-0.3, -0.25) is 14.5 Å². The number of benzene rings is 3. The molecular formula is C34H39N3O6. The van der Waals surface area contributed by atoms with Gasteiger partial charge in [-0.1, -0.05) is 43.5 Å². The second kappa shape index (κ2) is 13.5. The third-order valence-electron chi connectivity index (χ3n) is 8.08. The highest BCUT2D eigenvalue weighted by Gasteiger charge is 2.35. The highest BCUT2D eigenvalue weighted by atomic mass is 16.5. The number of aromatic nitrogens is 1. The lowest BCUT2D eigenvalue weighted by Crippen LogP contribution is -2.47. The van der Waals surface area contributed by atoms with Crippen LogP contribution in [-0.4, -0.2) is 51.3 Å². The molecule has 0 aliphatic heterocycles. The molecule has 1 fully saturated rings. The minimum Gasteiger partial charge on any atom is -0.497 e. The van der Waals surface area contributed by atoms with Crippen molar-refractivity contribution in [3.8, 4) is 23.0 Å². The first-order chi connectivity index (χ1) is 20.9. The van der Waals surface area contributed by atoms with Crippen LogP contribution in [0.25, 0.3) is 10.9 Å². The monoisotopic (exact) mass is 585 g/mol. The van der Waals surface area contributed by atoms with Crippen LogP contribution in [0.15, 0.2) is 66.9 Å². The summed E-state index contributed by atoms with van der Waals surface area (Å²) >= 11 is 0. The van der Waals surface area contributed by atoms with Crippen molar-refractivity contribution in [2.45, 2.75) is 50.6 Å². The molecule has 0 unspecified atom stereocenters. The van der Waals surface area contributed by atoms with Crippen molar-refractivity contribution < 1.29 is 28.5 Å². The van der Waals surface area contributed by atoms with E-state index >= 15 is 0 Å². The molecule has 0 spiro atoms. The average Bonchev–Trinajstić information content (AvgIpc) is 3.45. The average molecular weight is 586 g/mol. The maximum atomic E-state index is 14.5. The number of nitrogens with one attached hydrogen (secondary N) is 2. The summed E-state index contributed by atoms with van der Waals surface area (Å²) in [5.41, 5.74) is 2.82. The molecule has 226 valence electrons. The number of ether oxygens (including phenoxy) is 4. The Morgan fingerprint density at radius 2 is 1.56 bits per heavy atom. The van der Waals surface area contributed by atoms with Gasteiger partial charge in [-0.05, 0) is 42.2 Å². The van der Waals surface area contributed by atoms with E-state index in [9.17, 15) is 9.59 Å². The van der Waals surface area contributed by atoms with E-state index in [-0.39, 0.29) is 24.3 Å². The Labute approximate surface area is 252 Å². The van der Waals surface area contributed by atoms with Gasteiger partial charge in [0, 0.05) is 41.3 Å². The van der Waals surface area contributed by atoms with Crippen LogP contribution in [0.3, 0.4) is 0 Å². The van der Waals surface area contributed by atoms with Crippen molar-refractivity contribution in [3.05, 3.63) is 78.0 Å². The van der Waals surface area contributed by atoms with E-state index < -0.39 is 6.04 Å². The lowest BCUT2D eigenvalue weighted by atomic mass is 9.94. The summed E-state index contributed by atoms with van der Waals surface area (Å²) in [5, 5.41) is 4.21. The van der Waals surface area contributed by atoms with Crippen LogP contribution in [0.2, 0.25) is 0 Å². The summed E-state index contributed by atoms with van der Waals surface area (Å²) in [7, 11) is 6.21. The molecule has 0 saturated heterocycles. The minimum atomic E-state index is -1.02. The third-order valence-corrected chi connectivity index (χ3v) is 8.08. The first kappa shape index (κ1) is 29.8. The van der Waals surface area contributed by atoms with Gasteiger partial charge in [-0.15, -0.1) is 0 Å². The Hall–Kier alpha value is -4.66. The summed E-state index contributed by atoms with van der Waals surface area (Å²) < 4.78 is 22.2. The Kier molecular flexibility index (Phi) is 9.39. The lowest BCUT2D eigenvalue weighted by molar-refractivity contribution is -0.127. The summed E-state index contributed by atoms with van der Waals surface area (Å²) in [6.07, 6.45) is 6.99. The van der Waals surface area contributed by atoms with E-state index in [4.69, 9.17) is 18.9 Å². The van der Waals surface area contributed by atoms with E-state index in [1.54, 1.807) is 69.7 Å². The fraction of sp³-hybridized carbons (Fsp3) is 0.353. The first-order valence-electron chi connectivity index (χ1n) is 14.6. The van der Waals surface area contributed by atoms with Crippen LogP contribution in [0.1, 0.15) is 49.3 Å². The molecule has 0 radical (unpaired) electrons. The smallest absolute Gasteiger partial charge is 0.248 e. The number of aromatic amines is 1. The van der Waals surface area contributed by atoms with Crippen molar-refractivity contribution in [1.82, 2.24) is 10.3 Å². The number of carbonyl (C=O) groups is 2. The molecule has 9 nitrogen and oxygen atoms in total. The molecule has 1 saturated carbocycles. The maximum Gasteiger partial charge on any atom is 0.248 e. The standard InChI is InChI=1S/C34H39N3O6/c1-40-26-18-25(19-27(20-26)41-2)37(32(38)17-23-21-35-29-13-9-8-12-28(23)29)33(34(39)36-24-10-6-5-7-11-24)22-14-15-30(42-3)31(16-22)43-4/h8-9,12-16,18-21,24,33,35H,5-7,10-11,17H2,1-4H3,(H,36,39)/t33-/m0/s1.